The fourth-order valence-corrected chi connectivity index (χ4v) is 1.65. The largest absolute Gasteiger partial charge is 0.402 e. The third-order valence-corrected chi connectivity index (χ3v) is 2.25. The van der Waals surface area contributed by atoms with Crippen LogP contribution in [0.15, 0.2) is 22.5 Å². The van der Waals surface area contributed by atoms with E-state index in [2.05, 4.69) is 14.9 Å². The van der Waals surface area contributed by atoms with Gasteiger partial charge in [-0.3, -0.25) is 0 Å². The summed E-state index contributed by atoms with van der Waals surface area (Å²) in [5.74, 6) is 0. The Morgan fingerprint density at radius 2 is 2.00 bits per heavy atom. The highest BCUT2D eigenvalue weighted by atomic mass is 16.6. The van der Waals surface area contributed by atoms with E-state index in [0.29, 0.717) is 0 Å². The quantitative estimate of drug-likeness (QED) is 0.647. The zero-order chi connectivity index (χ0) is 8.84. The minimum absolute atomic E-state index is 0.782. The lowest BCUT2D eigenvalue weighted by molar-refractivity contribution is 0.315. The van der Waals surface area contributed by atoms with Gasteiger partial charge in [0.2, 0.25) is 0 Å². The fourth-order valence-electron chi connectivity index (χ4n) is 1.65. The molecule has 0 fully saturated rings. The molecule has 1 aromatic carbocycles. The van der Waals surface area contributed by atoms with Crippen LogP contribution in [0.2, 0.25) is 0 Å². The van der Waals surface area contributed by atoms with Crippen LogP contribution in [-0.2, 0) is 6.42 Å². The van der Waals surface area contributed by atoms with E-state index >= 15 is 0 Å². The third-order valence-electron chi connectivity index (χ3n) is 2.25. The molecule has 0 unspecified atom stereocenters. The highest BCUT2D eigenvalue weighted by Crippen LogP contribution is 2.25. The molecule has 0 atom stereocenters. The normalized spacial score (nSPS) is 14.6. The minimum Gasteiger partial charge on any atom is -0.402 e. The molecule has 0 saturated heterocycles. The Kier molecular flexibility index (Phi) is 1.07. The summed E-state index contributed by atoms with van der Waals surface area (Å²) in [6.07, 6.45) is 2.77. The molecule has 0 bridgehead atoms. The Bertz CT molecular complexity index is 513. The number of nitrogens with zero attached hydrogens (tertiary/aromatic N) is 2. The first-order valence-corrected chi connectivity index (χ1v) is 4.04. The maximum Gasteiger partial charge on any atom is 0.135 e. The van der Waals surface area contributed by atoms with Crippen molar-refractivity contribution in [2.75, 3.05) is 0 Å². The molecule has 1 aliphatic rings. The van der Waals surface area contributed by atoms with Crippen molar-refractivity contribution in [3.63, 3.8) is 0 Å². The number of aromatic nitrogens is 2. The zero-order valence-electron chi connectivity index (χ0n) is 6.82. The summed E-state index contributed by atoms with van der Waals surface area (Å²) >= 11 is 0. The van der Waals surface area contributed by atoms with E-state index in [4.69, 9.17) is 5.73 Å². The highest BCUT2D eigenvalue weighted by molar-refractivity contribution is 5.80. The van der Waals surface area contributed by atoms with Crippen LogP contribution < -0.4 is 5.73 Å². The number of hydrogen-bond acceptors (Lipinski definition) is 4. The summed E-state index contributed by atoms with van der Waals surface area (Å²) < 4.78 is 4.62. The zero-order valence-corrected chi connectivity index (χ0v) is 6.82. The first-order chi connectivity index (χ1) is 6.33. The molecule has 2 N–H and O–H groups in total. The predicted molar refractivity (Wildman–Crippen MR) is 47.7 cm³/mol. The van der Waals surface area contributed by atoms with Crippen molar-refractivity contribution in [1.29, 1.82) is 0 Å². The van der Waals surface area contributed by atoms with Crippen molar-refractivity contribution in [2.24, 2.45) is 5.73 Å². The fraction of sp³-hybridized carbons (Fsp3) is 0.111. The minimum atomic E-state index is 0.782. The second-order valence-corrected chi connectivity index (χ2v) is 3.20. The third kappa shape index (κ3) is 0.853. The van der Waals surface area contributed by atoms with Crippen LogP contribution in [-0.4, -0.2) is 10.3 Å². The molecule has 1 aromatic heterocycles. The monoisotopic (exact) mass is 173 g/mol. The summed E-state index contributed by atoms with van der Waals surface area (Å²) in [6, 6.07) is 3.92. The lowest BCUT2D eigenvalue weighted by atomic mass is 10.1. The van der Waals surface area contributed by atoms with Crippen molar-refractivity contribution in [2.45, 2.75) is 6.42 Å². The van der Waals surface area contributed by atoms with Crippen LogP contribution in [0.5, 0.6) is 0 Å². The van der Waals surface area contributed by atoms with Crippen molar-refractivity contribution < 1.29 is 4.63 Å². The van der Waals surface area contributed by atoms with E-state index in [9.17, 15) is 0 Å². The van der Waals surface area contributed by atoms with Gasteiger partial charge < -0.3 is 5.73 Å². The van der Waals surface area contributed by atoms with Crippen LogP contribution in [0.3, 0.4) is 0 Å². The smallest absolute Gasteiger partial charge is 0.135 e. The molecule has 4 nitrogen and oxygen atoms in total. The molecule has 1 aliphatic carbocycles. The molecule has 0 amide bonds. The van der Waals surface area contributed by atoms with Crippen LogP contribution in [0.1, 0.15) is 11.1 Å². The molecule has 13 heavy (non-hydrogen) atoms. The maximum absolute atomic E-state index is 5.71. The summed E-state index contributed by atoms with van der Waals surface area (Å²) in [7, 11) is 0. The van der Waals surface area contributed by atoms with E-state index < -0.39 is 0 Å². The van der Waals surface area contributed by atoms with Crippen LogP contribution in [0.25, 0.3) is 17.1 Å². The molecule has 0 radical (unpaired) electrons. The number of hydrogen-bond donors (Lipinski definition) is 1. The summed E-state index contributed by atoms with van der Waals surface area (Å²) in [5, 5.41) is 7.54. The van der Waals surface area contributed by atoms with Crippen LogP contribution >= 0.6 is 0 Å². The first-order valence-electron chi connectivity index (χ1n) is 4.04. The molecular formula is C9H7N3O. The van der Waals surface area contributed by atoms with Crippen molar-refractivity contribution in [3.8, 4) is 0 Å². The second-order valence-electron chi connectivity index (χ2n) is 3.20. The Morgan fingerprint density at radius 1 is 1.23 bits per heavy atom. The number of rotatable bonds is 0. The van der Waals surface area contributed by atoms with Gasteiger partial charge in [0.1, 0.15) is 11.0 Å². The molecule has 64 valence electrons. The van der Waals surface area contributed by atoms with E-state index in [-0.39, 0.29) is 0 Å². The van der Waals surface area contributed by atoms with Gasteiger partial charge in [-0.05, 0) is 39.6 Å². The first kappa shape index (κ1) is 6.65. The Balaban J connectivity index is 2.34. The van der Waals surface area contributed by atoms with Crippen molar-refractivity contribution >= 4 is 17.1 Å². The van der Waals surface area contributed by atoms with Gasteiger partial charge in [0.25, 0.3) is 0 Å². The van der Waals surface area contributed by atoms with Gasteiger partial charge in [0.15, 0.2) is 0 Å². The lowest BCUT2D eigenvalue weighted by Crippen LogP contribution is -1.94. The Labute approximate surface area is 74.0 Å². The SMILES string of the molecule is NC1=Cc2cc3nonc3cc2C1. The number of fused-ring (bicyclic) bond motifs is 2. The van der Waals surface area contributed by atoms with Crippen molar-refractivity contribution in [1.82, 2.24) is 10.3 Å². The topological polar surface area (TPSA) is 64.9 Å². The molecule has 4 heteroatoms. The molecule has 0 saturated carbocycles. The summed E-state index contributed by atoms with van der Waals surface area (Å²) in [5.41, 5.74) is 10.5. The predicted octanol–water partition coefficient (Wildman–Crippen LogP) is 1.08. The summed E-state index contributed by atoms with van der Waals surface area (Å²) in [4.78, 5) is 0. The average Bonchev–Trinajstić information content (AvgIpc) is 2.63. The molecule has 3 rings (SSSR count). The maximum atomic E-state index is 5.71. The average molecular weight is 173 g/mol. The van der Waals surface area contributed by atoms with Gasteiger partial charge in [-0.25, -0.2) is 4.63 Å². The van der Waals surface area contributed by atoms with E-state index in [1.807, 2.05) is 18.2 Å². The van der Waals surface area contributed by atoms with Crippen molar-refractivity contribution in [3.05, 3.63) is 29.0 Å². The van der Waals surface area contributed by atoms with Gasteiger partial charge in [-0.2, -0.15) is 0 Å². The van der Waals surface area contributed by atoms with Gasteiger partial charge in [0.05, 0.1) is 0 Å². The van der Waals surface area contributed by atoms with E-state index in [1.165, 1.54) is 5.56 Å². The molecule has 0 aliphatic heterocycles. The number of benzene rings is 1. The lowest BCUT2D eigenvalue weighted by Gasteiger charge is -1.95. The number of nitrogens with two attached hydrogens (primary N) is 1. The van der Waals surface area contributed by atoms with Gasteiger partial charge in [-0.15, -0.1) is 0 Å². The van der Waals surface area contributed by atoms with Gasteiger partial charge >= 0.3 is 0 Å². The highest BCUT2D eigenvalue weighted by Gasteiger charge is 2.13. The summed E-state index contributed by atoms with van der Waals surface area (Å²) in [6.45, 7) is 0. The molecule has 2 aromatic rings. The second kappa shape index (κ2) is 2.10. The standard InChI is InChI=1S/C9H7N3O/c10-7-1-5-3-8-9(12-13-11-8)4-6(5)2-7/h1,3-4H,2,10H2. The molecular weight excluding hydrogens is 166 g/mol. The Morgan fingerprint density at radius 3 is 2.85 bits per heavy atom. The van der Waals surface area contributed by atoms with Gasteiger partial charge in [-0.1, -0.05) is 0 Å². The van der Waals surface area contributed by atoms with Gasteiger partial charge in [0, 0.05) is 12.1 Å². The molecule has 0 spiro atoms. The van der Waals surface area contributed by atoms with E-state index in [1.54, 1.807) is 0 Å². The Hall–Kier alpha value is -1.84. The van der Waals surface area contributed by atoms with Crippen LogP contribution in [0, 0.1) is 0 Å². The van der Waals surface area contributed by atoms with Crippen LogP contribution in [0.4, 0.5) is 0 Å². The number of allylic oxidation sites excluding steroid dienone is 1. The molecule has 1 heterocycles. The van der Waals surface area contributed by atoms with E-state index in [0.717, 1.165) is 28.7 Å².